The molecule has 1 heterocycles. The van der Waals surface area contributed by atoms with Crippen LogP contribution >= 0.6 is 0 Å². The summed E-state index contributed by atoms with van der Waals surface area (Å²) in [5, 5.41) is 3.70. The van der Waals surface area contributed by atoms with E-state index >= 15 is 0 Å². The summed E-state index contributed by atoms with van der Waals surface area (Å²) in [7, 11) is 3.77. The van der Waals surface area contributed by atoms with Gasteiger partial charge < -0.3 is 4.90 Å². The first-order chi connectivity index (χ1) is 12.3. The average molecular weight is 365 g/mol. The molecule has 1 fully saturated rings. The van der Waals surface area contributed by atoms with E-state index in [1.54, 1.807) is 0 Å². The third kappa shape index (κ3) is 5.13. The highest BCUT2D eigenvalue weighted by Gasteiger charge is 2.36. The second kappa shape index (κ2) is 9.26. The summed E-state index contributed by atoms with van der Waals surface area (Å²) in [6, 6.07) is 0. The molecule has 0 unspecified atom stereocenters. The van der Waals surface area contributed by atoms with Gasteiger partial charge >= 0.3 is 5.76 Å². The van der Waals surface area contributed by atoms with Crippen molar-refractivity contribution in [1.29, 1.82) is 0 Å². The lowest BCUT2D eigenvalue weighted by molar-refractivity contribution is -0.126. The summed E-state index contributed by atoms with van der Waals surface area (Å²) in [5.41, 5.74) is 0. The van der Waals surface area contributed by atoms with Crippen LogP contribution in [-0.4, -0.2) is 46.8 Å². The van der Waals surface area contributed by atoms with E-state index in [0.717, 1.165) is 32.1 Å². The van der Waals surface area contributed by atoms with E-state index in [-0.39, 0.29) is 29.2 Å². The Kier molecular flexibility index (Phi) is 7.32. The number of hydrogen-bond acceptors (Lipinski definition) is 6. The molecule has 0 aromatic carbocycles. The molecule has 0 saturated heterocycles. The van der Waals surface area contributed by atoms with E-state index in [4.69, 9.17) is 4.52 Å². The number of rotatable bonds is 9. The lowest BCUT2D eigenvalue weighted by atomic mass is 9.77. The Morgan fingerprint density at radius 1 is 1.23 bits per heavy atom. The average Bonchev–Trinajstić information content (AvgIpc) is 2.98. The maximum Gasteiger partial charge on any atom is 0.441 e. The molecule has 1 aromatic rings. The maximum atomic E-state index is 13.1. The summed E-state index contributed by atoms with van der Waals surface area (Å²) < 4.78 is 5.99. The zero-order chi connectivity index (χ0) is 19.3. The molecule has 1 aliphatic rings. The Balaban J connectivity index is 2.26. The Labute approximate surface area is 154 Å². The highest BCUT2D eigenvalue weighted by molar-refractivity contribution is 6.09. The number of aromatic nitrogens is 2. The molecule has 1 saturated carbocycles. The zero-order valence-electron chi connectivity index (χ0n) is 16.4. The summed E-state index contributed by atoms with van der Waals surface area (Å²) in [5.74, 6) is -1.63. The lowest BCUT2D eigenvalue weighted by Crippen LogP contribution is -2.35. The minimum Gasteiger partial charge on any atom is -0.308 e. The van der Waals surface area contributed by atoms with E-state index in [0.29, 0.717) is 19.5 Å². The molecule has 0 amide bonds. The zero-order valence-corrected chi connectivity index (χ0v) is 16.4. The van der Waals surface area contributed by atoms with Gasteiger partial charge in [-0.1, -0.05) is 38.3 Å². The van der Waals surface area contributed by atoms with Crippen LogP contribution in [0.25, 0.3) is 0 Å². The topological polar surface area (TPSA) is 85.4 Å². The van der Waals surface area contributed by atoms with E-state index < -0.39 is 11.7 Å². The first-order valence-corrected chi connectivity index (χ1v) is 9.60. The van der Waals surface area contributed by atoms with Crippen LogP contribution in [0.2, 0.25) is 0 Å². The van der Waals surface area contributed by atoms with Crippen LogP contribution in [0.15, 0.2) is 9.32 Å². The summed E-state index contributed by atoms with van der Waals surface area (Å²) in [6.45, 7) is 4.88. The third-order valence-electron chi connectivity index (χ3n) is 5.05. The van der Waals surface area contributed by atoms with Crippen LogP contribution in [0, 0.1) is 17.8 Å². The standard InChI is InChI=1S/C19H31N3O4/c1-13(2)12-15(16(23)14-8-6-5-7-9-14)17(24)18-20-26-19(25)22(18)11-10-21(3)4/h13-15H,5-12H2,1-4H3/t15-/m0/s1. The van der Waals surface area contributed by atoms with Gasteiger partial charge in [0.15, 0.2) is 0 Å². The number of carbonyl (C=O) groups is 2. The third-order valence-corrected chi connectivity index (χ3v) is 5.05. The van der Waals surface area contributed by atoms with E-state index in [1.165, 1.54) is 4.57 Å². The van der Waals surface area contributed by atoms with Crippen molar-refractivity contribution in [2.45, 2.75) is 58.9 Å². The van der Waals surface area contributed by atoms with Gasteiger partial charge in [-0.15, -0.1) is 0 Å². The summed E-state index contributed by atoms with van der Waals surface area (Å²) in [4.78, 5) is 40.0. The molecule has 26 heavy (non-hydrogen) atoms. The number of ketones is 2. The molecule has 0 spiro atoms. The molecule has 0 N–H and O–H groups in total. The van der Waals surface area contributed by atoms with Crippen LogP contribution in [0.5, 0.6) is 0 Å². The Bertz CT molecular complexity index is 669. The minimum absolute atomic E-state index is 0.0120. The fraction of sp³-hybridized carbons (Fsp3) is 0.789. The lowest BCUT2D eigenvalue weighted by Gasteiger charge is -2.25. The van der Waals surface area contributed by atoms with Gasteiger partial charge in [-0.3, -0.25) is 18.7 Å². The van der Waals surface area contributed by atoms with Crippen molar-refractivity contribution < 1.29 is 14.1 Å². The quantitative estimate of drug-likeness (QED) is 0.493. The number of nitrogens with zero attached hydrogens (tertiary/aromatic N) is 3. The number of hydrogen-bond donors (Lipinski definition) is 0. The molecule has 1 aliphatic carbocycles. The highest BCUT2D eigenvalue weighted by atomic mass is 16.5. The molecular weight excluding hydrogens is 334 g/mol. The minimum atomic E-state index is -0.742. The van der Waals surface area contributed by atoms with Crippen molar-refractivity contribution in [2.75, 3.05) is 20.6 Å². The summed E-state index contributed by atoms with van der Waals surface area (Å²) in [6.07, 6.45) is 5.41. The van der Waals surface area contributed by atoms with Gasteiger partial charge in [0.1, 0.15) is 5.78 Å². The normalized spacial score (nSPS) is 17.0. The molecule has 146 valence electrons. The van der Waals surface area contributed by atoms with Crippen LogP contribution in [-0.2, 0) is 11.3 Å². The van der Waals surface area contributed by atoms with Crippen molar-refractivity contribution in [2.24, 2.45) is 17.8 Å². The van der Waals surface area contributed by atoms with E-state index in [1.807, 2.05) is 32.8 Å². The van der Waals surface area contributed by atoms with Gasteiger partial charge in [-0.05, 0) is 39.3 Å². The highest BCUT2D eigenvalue weighted by Crippen LogP contribution is 2.30. The molecule has 7 nitrogen and oxygen atoms in total. The van der Waals surface area contributed by atoms with Crippen molar-refractivity contribution in [1.82, 2.24) is 14.6 Å². The largest absolute Gasteiger partial charge is 0.441 e. The van der Waals surface area contributed by atoms with Gasteiger partial charge in [0.2, 0.25) is 11.6 Å². The Morgan fingerprint density at radius 3 is 2.46 bits per heavy atom. The van der Waals surface area contributed by atoms with Crippen molar-refractivity contribution in [3.63, 3.8) is 0 Å². The molecule has 1 aromatic heterocycles. The second-order valence-corrected chi connectivity index (χ2v) is 8.01. The van der Waals surface area contributed by atoms with Crippen molar-refractivity contribution in [3.05, 3.63) is 16.4 Å². The fourth-order valence-corrected chi connectivity index (χ4v) is 3.59. The predicted molar refractivity (Wildman–Crippen MR) is 98.2 cm³/mol. The molecule has 7 heteroatoms. The fourth-order valence-electron chi connectivity index (χ4n) is 3.59. The van der Waals surface area contributed by atoms with Crippen molar-refractivity contribution >= 4 is 11.6 Å². The van der Waals surface area contributed by atoms with Gasteiger partial charge in [-0.2, -0.15) is 0 Å². The Morgan fingerprint density at radius 2 is 1.88 bits per heavy atom. The van der Waals surface area contributed by atoms with E-state index in [9.17, 15) is 14.4 Å². The first-order valence-electron chi connectivity index (χ1n) is 9.60. The van der Waals surface area contributed by atoms with Gasteiger partial charge in [0, 0.05) is 19.0 Å². The molecule has 0 bridgehead atoms. The SMILES string of the molecule is CC(C)C[C@H](C(=O)c1noc(=O)n1CCN(C)C)C(=O)C1CCCCC1. The number of Topliss-reactive ketones (excluding diaryl/α,β-unsaturated/α-hetero) is 2. The molecule has 0 aliphatic heterocycles. The molecular formula is C19H31N3O4. The van der Waals surface area contributed by atoms with Crippen LogP contribution < -0.4 is 5.76 Å². The van der Waals surface area contributed by atoms with Crippen LogP contribution in [0.3, 0.4) is 0 Å². The van der Waals surface area contributed by atoms with E-state index in [2.05, 4.69) is 5.16 Å². The van der Waals surface area contributed by atoms with Crippen LogP contribution in [0.1, 0.15) is 63.0 Å². The monoisotopic (exact) mass is 365 g/mol. The first kappa shape index (κ1) is 20.6. The van der Waals surface area contributed by atoms with Gasteiger partial charge in [0.25, 0.3) is 0 Å². The number of likely N-dealkylation sites (N-methyl/N-ethyl adjacent to an activating group) is 1. The molecule has 1 atom stereocenters. The maximum absolute atomic E-state index is 13.1. The Hall–Kier alpha value is -1.76. The molecule has 0 radical (unpaired) electrons. The second-order valence-electron chi connectivity index (χ2n) is 8.01. The van der Waals surface area contributed by atoms with Crippen LogP contribution in [0.4, 0.5) is 0 Å². The predicted octanol–water partition coefficient (Wildman–Crippen LogP) is 2.39. The molecule has 2 rings (SSSR count). The summed E-state index contributed by atoms with van der Waals surface area (Å²) >= 11 is 0. The van der Waals surface area contributed by atoms with Gasteiger partial charge in [-0.25, -0.2) is 4.79 Å². The van der Waals surface area contributed by atoms with Crippen molar-refractivity contribution in [3.8, 4) is 0 Å². The number of carbonyl (C=O) groups excluding carboxylic acids is 2. The van der Waals surface area contributed by atoms with Gasteiger partial charge in [0.05, 0.1) is 5.92 Å². The smallest absolute Gasteiger partial charge is 0.308 e.